The maximum Gasteiger partial charge on any atom is 0.189 e. The zero-order valence-corrected chi connectivity index (χ0v) is 15.6. The minimum Gasteiger partial charge on any atom is -0.358 e. The molecule has 1 aromatic carbocycles. The van der Waals surface area contributed by atoms with Crippen molar-refractivity contribution < 1.29 is 0 Å². The van der Waals surface area contributed by atoms with Crippen molar-refractivity contribution in [1.82, 2.24) is 16.2 Å². The summed E-state index contributed by atoms with van der Waals surface area (Å²) in [6.45, 7) is 6.65. The van der Waals surface area contributed by atoms with Crippen LogP contribution in [0.4, 0.5) is 5.69 Å². The Morgan fingerprint density at radius 1 is 1.04 bits per heavy atom. The van der Waals surface area contributed by atoms with Crippen LogP contribution in [0.25, 0.3) is 0 Å². The smallest absolute Gasteiger partial charge is 0.189 e. The molecular weight excluding hydrogens is 324 g/mol. The molecule has 126 valence electrons. The van der Waals surface area contributed by atoms with Crippen LogP contribution < -0.4 is 21.5 Å². The molecule has 4 N–H and O–H groups in total. The maximum atomic E-state index is 5.36. The highest BCUT2D eigenvalue weighted by molar-refractivity contribution is 7.80. The SMILES string of the molecule is Cc1ccccc1NC(=S)NNC(=S)N[C@H]1CCC[C@H](C)[C@@H]1C. The number of aryl methyl sites for hydroxylation is 1. The van der Waals surface area contributed by atoms with Crippen molar-refractivity contribution in [3.05, 3.63) is 29.8 Å². The molecule has 0 aliphatic heterocycles. The van der Waals surface area contributed by atoms with Crippen molar-refractivity contribution in [3.8, 4) is 0 Å². The topological polar surface area (TPSA) is 48.1 Å². The second-order valence-corrected chi connectivity index (χ2v) is 7.18. The molecular formula is C17H26N4S2. The zero-order valence-electron chi connectivity index (χ0n) is 14.0. The molecule has 1 saturated carbocycles. The van der Waals surface area contributed by atoms with Gasteiger partial charge in [-0.3, -0.25) is 10.9 Å². The van der Waals surface area contributed by atoms with Crippen LogP contribution in [0, 0.1) is 18.8 Å². The van der Waals surface area contributed by atoms with Gasteiger partial charge < -0.3 is 10.6 Å². The van der Waals surface area contributed by atoms with Gasteiger partial charge in [-0.2, -0.15) is 0 Å². The van der Waals surface area contributed by atoms with Gasteiger partial charge in [-0.15, -0.1) is 0 Å². The molecule has 1 aliphatic carbocycles. The number of hydrogen-bond acceptors (Lipinski definition) is 2. The summed E-state index contributed by atoms with van der Waals surface area (Å²) >= 11 is 10.7. The van der Waals surface area contributed by atoms with E-state index >= 15 is 0 Å². The van der Waals surface area contributed by atoms with Gasteiger partial charge in [0.25, 0.3) is 0 Å². The van der Waals surface area contributed by atoms with E-state index in [1.165, 1.54) is 19.3 Å². The molecule has 0 amide bonds. The molecule has 6 heteroatoms. The van der Waals surface area contributed by atoms with Crippen LogP contribution in [0.1, 0.15) is 38.7 Å². The van der Waals surface area contributed by atoms with Crippen LogP contribution in [0.15, 0.2) is 24.3 Å². The maximum absolute atomic E-state index is 5.36. The van der Waals surface area contributed by atoms with Crippen LogP contribution in [0.3, 0.4) is 0 Å². The first-order chi connectivity index (χ1) is 11.0. The van der Waals surface area contributed by atoms with Crippen molar-refractivity contribution in [2.45, 2.75) is 46.1 Å². The summed E-state index contributed by atoms with van der Waals surface area (Å²) in [6.07, 6.45) is 3.73. The Morgan fingerprint density at radius 2 is 1.74 bits per heavy atom. The number of benzene rings is 1. The fourth-order valence-corrected chi connectivity index (χ4v) is 3.33. The van der Waals surface area contributed by atoms with Crippen molar-refractivity contribution in [2.24, 2.45) is 11.8 Å². The molecule has 0 spiro atoms. The Labute approximate surface area is 149 Å². The molecule has 0 aromatic heterocycles. The van der Waals surface area contributed by atoms with Gasteiger partial charge in [0.05, 0.1) is 0 Å². The first kappa shape index (κ1) is 17.9. The minimum absolute atomic E-state index is 0.429. The number of hydrazine groups is 1. The monoisotopic (exact) mass is 350 g/mol. The average Bonchev–Trinajstić information content (AvgIpc) is 2.52. The standard InChI is InChI=1S/C17H26N4S2/c1-11-8-6-10-15(13(11)3)19-17(23)21-20-16(22)18-14-9-5-4-7-12(14)2/h4-5,7,9,11,13,15H,6,8,10H2,1-3H3,(H2,18,20,22)(H2,19,21,23)/t11-,13-,15-/m0/s1. The van der Waals surface area contributed by atoms with E-state index in [4.69, 9.17) is 24.4 Å². The van der Waals surface area contributed by atoms with Gasteiger partial charge in [0.1, 0.15) is 0 Å². The van der Waals surface area contributed by atoms with E-state index in [1.807, 2.05) is 31.2 Å². The molecule has 4 nitrogen and oxygen atoms in total. The highest BCUT2D eigenvalue weighted by Gasteiger charge is 2.27. The van der Waals surface area contributed by atoms with Crippen LogP contribution >= 0.6 is 24.4 Å². The zero-order chi connectivity index (χ0) is 16.8. The molecule has 0 bridgehead atoms. The van der Waals surface area contributed by atoms with Gasteiger partial charge >= 0.3 is 0 Å². The Morgan fingerprint density at radius 3 is 2.48 bits per heavy atom. The van der Waals surface area contributed by atoms with Gasteiger partial charge in [-0.1, -0.05) is 44.9 Å². The summed E-state index contributed by atoms with van der Waals surface area (Å²) < 4.78 is 0. The molecule has 3 atom stereocenters. The summed E-state index contributed by atoms with van der Waals surface area (Å²) in [7, 11) is 0. The summed E-state index contributed by atoms with van der Waals surface area (Å²) in [5.41, 5.74) is 8.04. The number of hydrogen-bond donors (Lipinski definition) is 4. The summed E-state index contributed by atoms with van der Waals surface area (Å²) in [6, 6.07) is 8.43. The quantitative estimate of drug-likeness (QED) is 0.484. The van der Waals surface area contributed by atoms with E-state index in [-0.39, 0.29) is 0 Å². The third kappa shape index (κ3) is 5.32. The van der Waals surface area contributed by atoms with Gasteiger partial charge in [0, 0.05) is 11.7 Å². The van der Waals surface area contributed by atoms with E-state index in [9.17, 15) is 0 Å². The van der Waals surface area contributed by atoms with Crippen LogP contribution in [-0.4, -0.2) is 16.3 Å². The number of nitrogens with one attached hydrogen (secondary N) is 4. The lowest BCUT2D eigenvalue weighted by Crippen LogP contribution is -2.53. The third-order valence-corrected chi connectivity index (χ3v) is 5.13. The Kier molecular flexibility index (Phi) is 6.59. The number of thiocarbonyl (C=S) groups is 2. The van der Waals surface area contributed by atoms with Gasteiger partial charge in [0.2, 0.25) is 0 Å². The number of rotatable bonds is 2. The minimum atomic E-state index is 0.429. The first-order valence-electron chi connectivity index (χ1n) is 8.16. The molecule has 0 heterocycles. The molecule has 0 radical (unpaired) electrons. The lowest BCUT2D eigenvalue weighted by atomic mass is 9.78. The van der Waals surface area contributed by atoms with Crippen LogP contribution in [0.2, 0.25) is 0 Å². The van der Waals surface area contributed by atoms with E-state index < -0.39 is 0 Å². The summed E-state index contributed by atoms with van der Waals surface area (Å²) in [5, 5.41) is 7.64. The normalized spacial score (nSPS) is 23.7. The van der Waals surface area contributed by atoms with Crippen molar-refractivity contribution in [3.63, 3.8) is 0 Å². The molecule has 1 fully saturated rings. The molecule has 1 aliphatic rings. The lowest BCUT2D eigenvalue weighted by molar-refractivity contribution is 0.224. The van der Waals surface area contributed by atoms with Gasteiger partial charge in [-0.05, 0) is 61.2 Å². The highest BCUT2D eigenvalue weighted by Crippen LogP contribution is 2.29. The van der Waals surface area contributed by atoms with Crippen molar-refractivity contribution in [1.29, 1.82) is 0 Å². The Balaban J connectivity index is 1.76. The van der Waals surface area contributed by atoms with E-state index in [0.717, 1.165) is 17.2 Å². The average molecular weight is 351 g/mol. The molecule has 2 rings (SSSR count). The van der Waals surface area contributed by atoms with E-state index in [1.54, 1.807) is 0 Å². The number of anilines is 1. The molecule has 23 heavy (non-hydrogen) atoms. The molecule has 1 aromatic rings. The largest absolute Gasteiger partial charge is 0.358 e. The van der Waals surface area contributed by atoms with Crippen molar-refractivity contribution >= 4 is 40.3 Å². The highest BCUT2D eigenvalue weighted by atomic mass is 32.1. The molecule has 0 unspecified atom stereocenters. The Bertz CT molecular complexity index is 561. The fourth-order valence-electron chi connectivity index (χ4n) is 2.97. The predicted molar refractivity (Wildman–Crippen MR) is 105 cm³/mol. The predicted octanol–water partition coefficient (Wildman–Crippen LogP) is 3.49. The Hall–Kier alpha value is -1.40. The van der Waals surface area contributed by atoms with E-state index in [2.05, 4.69) is 35.3 Å². The van der Waals surface area contributed by atoms with Crippen LogP contribution in [0.5, 0.6) is 0 Å². The third-order valence-electron chi connectivity index (χ3n) is 4.71. The van der Waals surface area contributed by atoms with Gasteiger partial charge in [-0.25, -0.2) is 0 Å². The van der Waals surface area contributed by atoms with Crippen LogP contribution in [-0.2, 0) is 0 Å². The molecule has 0 saturated heterocycles. The second kappa shape index (κ2) is 8.45. The first-order valence-corrected chi connectivity index (χ1v) is 8.98. The van der Waals surface area contributed by atoms with E-state index in [0.29, 0.717) is 22.2 Å². The van der Waals surface area contributed by atoms with Crippen molar-refractivity contribution in [2.75, 3.05) is 5.32 Å². The second-order valence-electron chi connectivity index (χ2n) is 6.37. The summed E-state index contributed by atoms with van der Waals surface area (Å²) in [5.74, 6) is 1.36. The van der Waals surface area contributed by atoms with Gasteiger partial charge in [0.15, 0.2) is 10.2 Å². The summed E-state index contributed by atoms with van der Waals surface area (Å²) in [4.78, 5) is 0. The fraction of sp³-hybridized carbons (Fsp3) is 0.529. The lowest BCUT2D eigenvalue weighted by Gasteiger charge is -2.35. The number of para-hydroxylation sites is 1.